The lowest BCUT2D eigenvalue weighted by Crippen LogP contribution is -2.47. The summed E-state index contributed by atoms with van der Waals surface area (Å²) < 4.78 is 10.8. The van der Waals surface area contributed by atoms with Gasteiger partial charge in [0.15, 0.2) is 0 Å². The molecule has 2 amide bonds. The fraction of sp³-hybridized carbons (Fsp3) is 0.364. The number of rotatable bonds is 9. The van der Waals surface area contributed by atoms with Gasteiger partial charge in [-0.2, -0.15) is 5.26 Å². The van der Waals surface area contributed by atoms with Gasteiger partial charge in [0.2, 0.25) is 5.91 Å². The number of hydrogen-bond donors (Lipinski definition) is 2. The number of benzene rings is 1. The monoisotopic (exact) mass is 410 g/mol. The molecule has 1 aromatic carbocycles. The lowest BCUT2D eigenvalue weighted by Gasteiger charge is -2.19. The van der Waals surface area contributed by atoms with Crippen molar-refractivity contribution in [3.05, 3.63) is 42.1 Å². The second-order valence-electron chi connectivity index (χ2n) is 7.00. The zero-order valence-corrected chi connectivity index (χ0v) is 17.6. The van der Waals surface area contributed by atoms with Crippen LogP contribution in [-0.4, -0.2) is 43.6 Å². The molecule has 0 unspecified atom stereocenters. The van der Waals surface area contributed by atoms with Crippen LogP contribution in [-0.2, 0) is 4.79 Å². The number of nitrogens with one attached hydrogen (secondary N) is 2. The Hall–Kier alpha value is -3.60. The van der Waals surface area contributed by atoms with E-state index in [9.17, 15) is 9.59 Å². The fourth-order valence-electron chi connectivity index (χ4n) is 2.97. The molecule has 0 bridgehead atoms. The maximum atomic E-state index is 12.7. The van der Waals surface area contributed by atoms with E-state index < -0.39 is 11.9 Å². The quantitative estimate of drug-likeness (QED) is 0.614. The molecular weight excluding hydrogens is 384 g/mol. The number of hydrogen-bond acceptors (Lipinski definition) is 6. The van der Waals surface area contributed by atoms with Gasteiger partial charge in [0.1, 0.15) is 24.1 Å². The van der Waals surface area contributed by atoms with E-state index >= 15 is 0 Å². The van der Waals surface area contributed by atoms with Crippen LogP contribution in [0.25, 0.3) is 11.3 Å². The van der Waals surface area contributed by atoms with Crippen molar-refractivity contribution in [2.75, 3.05) is 20.8 Å². The second kappa shape index (κ2) is 10.8. The predicted octanol–water partition coefficient (Wildman–Crippen LogP) is 2.55. The van der Waals surface area contributed by atoms with E-state index in [0.717, 1.165) is 0 Å². The summed E-state index contributed by atoms with van der Waals surface area (Å²) in [5.74, 6) is 0.581. The van der Waals surface area contributed by atoms with Crippen LogP contribution < -0.4 is 20.1 Å². The second-order valence-corrected chi connectivity index (χ2v) is 7.00. The third kappa shape index (κ3) is 5.70. The third-order valence-electron chi connectivity index (χ3n) is 4.38. The Bertz CT molecular complexity index is 897. The average molecular weight is 410 g/mol. The summed E-state index contributed by atoms with van der Waals surface area (Å²) in [6, 6.07) is 9.86. The molecule has 0 saturated carbocycles. The molecule has 0 spiro atoms. The highest BCUT2D eigenvalue weighted by Crippen LogP contribution is 2.36. The Balaban J connectivity index is 2.22. The molecule has 0 saturated heterocycles. The number of methoxy groups -OCH3 is 2. The molecule has 2 N–H and O–H groups in total. The standard InChI is InChI=1S/C22H26N4O4/c1-14(2)12-17(22(28)24-11-10-23)26-21(27)15-8-9-16(25-13-15)20-18(29-3)6-5-7-19(20)30-4/h5-9,13-14,17H,11-12H2,1-4H3,(H,24,28)(H,26,27)/t17-/m0/s1. The van der Waals surface area contributed by atoms with Gasteiger partial charge in [-0.1, -0.05) is 19.9 Å². The summed E-state index contributed by atoms with van der Waals surface area (Å²) in [6.45, 7) is 3.79. The van der Waals surface area contributed by atoms with Gasteiger partial charge in [0.25, 0.3) is 5.91 Å². The fourth-order valence-corrected chi connectivity index (χ4v) is 2.97. The lowest BCUT2D eigenvalue weighted by atomic mass is 10.0. The van der Waals surface area contributed by atoms with Crippen molar-refractivity contribution < 1.29 is 19.1 Å². The van der Waals surface area contributed by atoms with E-state index in [1.165, 1.54) is 6.20 Å². The summed E-state index contributed by atoms with van der Waals surface area (Å²) in [7, 11) is 3.12. The number of pyridine rings is 1. The largest absolute Gasteiger partial charge is 0.496 e. The highest BCUT2D eigenvalue weighted by molar-refractivity contribution is 5.97. The van der Waals surface area contributed by atoms with Gasteiger partial charge in [-0.15, -0.1) is 0 Å². The van der Waals surface area contributed by atoms with Gasteiger partial charge in [-0.25, -0.2) is 0 Å². The molecule has 1 aromatic heterocycles. The molecule has 1 atom stereocenters. The van der Waals surface area contributed by atoms with Crippen LogP contribution in [0.2, 0.25) is 0 Å². The lowest BCUT2D eigenvalue weighted by molar-refractivity contribution is -0.123. The van der Waals surface area contributed by atoms with E-state index in [-0.39, 0.29) is 18.4 Å². The number of carbonyl (C=O) groups excluding carboxylic acids is 2. The van der Waals surface area contributed by atoms with Crippen LogP contribution in [0.5, 0.6) is 11.5 Å². The van der Waals surface area contributed by atoms with E-state index in [1.54, 1.807) is 38.5 Å². The summed E-state index contributed by atoms with van der Waals surface area (Å²) in [6.07, 6.45) is 1.89. The number of ether oxygens (including phenoxy) is 2. The first-order chi connectivity index (χ1) is 14.4. The average Bonchev–Trinajstić information content (AvgIpc) is 2.76. The SMILES string of the molecule is COc1cccc(OC)c1-c1ccc(C(=O)N[C@@H](CC(C)C)C(=O)NCC#N)cn1. The third-order valence-corrected chi connectivity index (χ3v) is 4.38. The van der Waals surface area contributed by atoms with E-state index in [1.807, 2.05) is 26.0 Å². The Morgan fingerprint density at radius 1 is 1.13 bits per heavy atom. The van der Waals surface area contributed by atoms with Crippen LogP contribution in [0.1, 0.15) is 30.6 Å². The van der Waals surface area contributed by atoms with Crippen LogP contribution in [0.3, 0.4) is 0 Å². The highest BCUT2D eigenvalue weighted by Gasteiger charge is 2.23. The molecule has 2 rings (SSSR count). The highest BCUT2D eigenvalue weighted by atomic mass is 16.5. The molecule has 0 aliphatic heterocycles. The van der Waals surface area contributed by atoms with Crippen molar-refractivity contribution in [3.63, 3.8) is 0 Å². The first-order valence-corrected chi connectivity index (χ1v) is 9.54. The number of aromatic nitrogens is 1. The Morgan fingerprint density at radius 2 is 1.80 bits per heavy atom. The molecular formula is C22H26N4O4. The van der Waals surface area contributed by atoms with Crippen molar-refractivity contribution in [1.29, 1.82) is 5.26 Å². The van der Waals surface area contributed by atoms with E-state index in [2.05, 4.69) is 15.6 Å². The number of carbonyl (C=O) groups is 2. The van der Waals surface area contributed by atoms with Crippen LogP contribution in [0.4, 0.5) is 0 Å². The predicted molar refractivity (Wildman–Crippen MR) is 112 cm³/mol. The van der Waals surface area contributed by atoms with Crippen LogP contribution in [0, 0.1) is 17.2 Å². The molecule has 8 nitrogen and oxygen atoms in total. The summed E-state index contributed by atoms with van der Waals surface area (Å²) >= 11 is 0. The normalized spacial score (nSPS) is 11.3. The van der Waals surface area contributed by atoms with Crippen molar-refractivity contribution >= 4 is 11.8 Å². The Labute approximate surface area is 176 Å². The van der Waals surface area contributed by atoms with Gasteiger partial charge in [0.05, 0.1) is 37.1 Å². The molecule has 158 valence electrons. The molecule has 1 heterocycles. The topological polar surface area (TPSA) is 113 Å². The maximum absolute atomic E-state index is 12.7. The molecule has 2 aromatic rings. The minimum Gasteiger partial charge on any atom is -0.496 e. The summed E-state index contributed by atoms with van der Waals surface area (Å²) in [4.78, 5) is 29.3. The zero-order chi connectivity index (χ0) is 22.1. The van der Waals surface area contributed by atoms with Gasteiger partial charge in [-0.3, -0.25) is 14.6 Å². The van der Waals surface area contributed by atoms with Gasteiger partial charge >= 0.3 is 0 Å². The molecule has 0 radical (unpaired) electrons. The first kappa shape index (κ1) is 22.7. The summed E-state index contributed by atoms with van der Waals surface area (Å²) in [5, 5.41) is 13.9. The maximum Gasteiger partial charge on any atom is 0.253 e. The van der Waals surface area contributed by atoms with Gasteiger partial charge in [0, 0.05) is 6.20 Å². The molecule has 0 aliphatic carbocycles. The van der Waals surface area contributed by atoms with Gasteiger partial charge in [-0.05, 0) is 36.6 Å². The Morgan fingerprint density at radius 3 is 2.30 bits per heavy atom. The number of nitrogens with zero attached hydrogens (tertiary/aromatic N) is 2. The molecule has 8 heteroatoms. The van der Waals surface area contributed by atoms with E-state index in [4.69, 9.17) is 14.7 Å². The van der Waals surface area contributed by atoms with Crippen LogP contribution in [0.15, 0.2) is 36.5 Å². The van der Waals surface area contributed by atoms with Crippen molar-refractivity contribution in [2.24, 2.45) is 5.92 Å². The van der Waals surface area contributed by atoms with Gasteiger partial charge < -0.3 is 20.1 Å². The minimum atomic E-state index is -0.736. The first-order valence-electron chi connectivity index (χ1n) is 9.54. The van der Waals surface area contributed by atoms with E-state index in [0.29, 0.717) is 34.7 Å². The minimum absolute atomic E-state index is 0.111. The number of nitriles is 1. The van der Waals surface area contributed by atoms with Crippen molar-refractivity contribution in [2.45, 2.75) is 26.3 Å². The van der Waals surface area contributed by atoms with Crippen molar-refractivity contribution in [1.82, 2.24) is 15.6 Å². The van der Waals surface area contributed by atoms with Crippen molar-refractivity contribution in [3.8, 4) is 28.8 Å². The number of amides is 2. The zero-order valence-electron chi connectivity index (χ0n) is 17.6. The molecule has 0 aliphatic rings. The van der Waals surface area contributed by atoms with Crippen LogP contribution >= 0.6 is 0 Å². The molecule has 0 fully saturated rings. The summed E-state index contributed by atoms with van der Waals surface area (Å²) in [5.41, 5.74) is 1.59. The Kier molecular flexibility index (Phi) is 8.18. The smallest absolute Gasteiger partial charge is 0.253 e. The molecule has 30 heavy (non-hydrogen) atoms.